The fourth-order valence-corrected chi connectivity index (χ4v) is 8.95. The van der Waals surface area contributed by atoms with E-state index in [2.05, 4.69) is 21.1 Å². The van der Waals surface area contributed by atoms with Gasteiger partial charge in [0.2, 0.25) is 11.6 Å². The molecule has 0 unspecified atom stereocenters. The van der Waals surface area contributed by atoms with Crippen molar-refractivity contribution in [2.45, 2.75) is 19.6 Å². The maximum Gasteiger partial charge on any atom is 0.296 e. The molecule has 22 nitrogen and oxygen atoms in total. The van der Waals surface area contributed by atoms with E-state index in [1.165, 1.54) is 26.4 Å². The maximum absolute atomic E-state index is 13.4. The molecule has 2 aliphatic carbocycles. The van der Waals surface area contributed by atoms with Gasteiger partial charge in [0, 0.05) is 40.7 Å². The molecule has 2 aliphatic rings. The number of Topliss-reactive ketones (excluding diaryl/α,β-unsaturated/α-hetero) is 2. The molecule has 0 amide bonds. The van der Waals surface area contributed by atoms with Crippen LogP contribution in [0.3, 0.4) is 0 Å². The van der Waals surface area contributed by atoms with Gasteiger partial charge in [-0.25, -0.2) is 0 Å². The Labute approximate surface area is 368 Å². The van der Waals surface area contributed by atoms with E-state index in [4.69, 9.17) is 20.9 Å². The van der Waals surface area contributed by atoms with Crippen molar-refractivity contribution in [3.63, 3.8) is 0 Å². The minimum atomic E-state index is -5.15. The number of fused-ring (bicyclic) bond motifs is 2. The summed E-state index contributed by atoms with van der Waals surface area (Å²) in [6, 6.07) is 10.3. The van der Waals surface area contributed by atoms with E-state index in [1.807, 2.05) is 0 Å². The van der Waals surface area contributed by atoms with E-state index in [9.17, 15) is 61.5 Å². The fourth-order valence-electron chi connectivity index (χ4n) is 6.08. The fraction of sp³-hybridized carbons (Fsp3) is 0.0588. The normalized spacial score (nSPS) is 15.2. The van der Waals surface area contributed by atoms with Crippen molar-refractivity contribution in [3.8, 4) is 22.6 Å². The summed E-state index contributed by atoms with van der Waals surface area (Å²) in [5.74, 6) is -1.72. The first-order valence-electron chi connectivity index (χ1n) is 16.2. The monoisotopic (exact) mass is 927 g/mol. The molecule has 6 rings (SSSR count). The van der Waals surface area contributed by atoms with Gasteiger partial charge in [-0.1, -0.05) is 24.3 Å². The third kappa shape index (κ3) is 9.09. The smallest absolute Gasteiger partial charge is 0.296 e. The summed E-state index contributed by atoms with van der Waals surface area (Å²) in [7, 11) is -17.8. The number of hydrogen-bond acceptors (Lipinski definition) is 18. The van der Waals surface area contributed by atoms with E-state index >= 15 is 0 Å². The molecule has 0 aliphatic heterocycles. The summed E-state index contributed by atoms with van der Waals surface area (Å²) in [5.41, 5.74) is 14.0. The second kappa shape index (κ2) is 16.7. The van der Waals surface area contributed by atoms with Crippen molar-refractivity contribution in [1.82, 2.24) is 0 Å². The number of hydrogen-bond donors (Lipinski definition) is 8. The zero-order valence-corrected chi connectivity index (χ0v) is 36.6. The zero-order chi connectivity index (χ0) is 44.3. The number of nitrogens with zero attached hydrogens (tertiary/aromatic N) is 2. The van der Waals surface area contributed by atoms with Gasteiger partial charge in [0.1, 0.15) is 42.5 Å². The first-order valence-corrected chi connectivity index (χ1v) is 21.9. The topological polar surface area (TPSA) is 371 Å². The number of ketones is 2. The first-order chi connectivity index (χ1) is 27.9. The van der Waals surface area contributed by atoms with E-state index < -0.39 is 105 Å². The predicted molar refractivity (Wildman–Crippen MR) is 221 cm³/mol. The van der Waals surface area contributed by atoms with Crippen LogP contribution in [0.4, 0.5) is 22.7 Å². The van der Waals surface area contributed by atoms with E-state index in [1.54, 1.807) is 24.3 Å². The van der Waals surface area contributed by atoms with Gasteiger partial charge in [0.25, 0.3) is 40.5 Å². The van der Waals surface area contributed by atoms with Gasteiger partial charge in [0.05, 0.1) is 48.1 Å². The molecular formula is C34H28N6NaO16S4. The number of rotatable bonds is 11. The van der Waals surface area contributed by atoms with Gasteiger partial charge in [-0.3, -0.25) is 38.7 Å². The molecule has 0 spiro atoms. The van der Waals surface area contributed by atoms with Gasteiger partial charge in [-0.15, -0.1) is 0 Å². The average molecular weight is 928 g/mol. The summed E-state index contributed by atoms with van der Waals surface area (Å²) in [4.78, 5) is 22.6. The van der Waals surface area contributed by atoms with Crippen molar-refractivity contribution < 1.29 is 70.9 Å². The van der Waals surface area contributed by atoms with Gasteiger partial charge in [0.15, 0.2) is 0 Å². The van der Waals surface area contributed by atoms with Crippen LogP contribution in [0.25, 0.3) is 23.3 Å². The number of nitrogens with two attached hydrogens (primary N) is 2. The molecule has 4 aromatic rings. The Morgan fingerprint density at radius 3 is 1.15 bits per heavy atom. The molecule has 1 radical (unpaired) electrons. The molecule has 4 aromatic carbocycles. The molecule has 0 bridgehead atoms. The molecule has 315 valence electrons. The maximum atomic E-state index is 13.4. The molecule has 0 saturated heterocycles. The first kappa shape index (κ1) is 46.5. The van der Waals surface area contributed by atoms with Crippen molar-refractivity contribution in [3.05, 3.63) is 82.9 Å². The van der Waals surface area contributed by atoms with Gasteiger partial charge >= 0.3 is 0 Å². The van der Waals surface area contributed by atoms with Gasteiger partial charge < -0.3 is 20.9 Å². The Hall–Kier alpha value is -5.52. The summed E-state index contributed by atoms with van der Waals surface area (Å²) < 4.78 is 145. The van der Waals surface area contributed by atoms with Crippen LogP contribution in [0.5, 0.6) is 11.5 Å². The van der Waals surface area contributed by atoms with Crippen LogP contribution in [0.1, 0.15) is 31.8 Å². The number of allylic oxidation sites excluding steroid dienone is 2. The number of hydrazone groups is 2. The van der Waals surface area contributed by atoms with Crippen LogP contribution in [-0.4, -0.2) is 119 Å². The van der Waals surface area contributed by atoms with Gasteiger partial charge in [-0.2, -0.15) is 43.9 Å². The zero-order valence-electron chi connectivity index (χ0n) is 31.3. The quantitative estimate of drug-likeness (QED) is 0.0463. The molecule has 0 atom stereocenters. The number of methoxy groups -OCH3 is 2. The van der Waals surface area contributed by atoms with Crippen LogP contribution in [-0.2, 0) is 40.5 Å². The number of anilines is 4. The minimum Gasteiger partial charge on any atom is -0.494 e. The Kier molecular flexibility index (Phi) is 12.8. The van der Waals surface area contributed by atoms with Crippen LogP contribution in [0, 0.1) is 0 Å². The van der Waals surface area contributed by atoms with Crippen LogP contribution >= 0.6 is 0 Å². The number of benzene rings is 4. The van der Waals surface area contributed by atoms with Crippen molar-refractivity contribution >= 4 is 128 Å². The number of nitrogens with one attached hydrogen (secondary N) is 2. The molecule has 0 fully saturated rings. The summed E-state index contributed by atoms with van der Waals surface area (Å²) in [6.45, 7) is 0. The average Bonchev–Trinajstić information content (AvgIpc) is 3.15. The largest absolute Gasteiger partial charge is 0.494 e. The summed E-state index contributed by atoms with van der Waals surface area (Å²) >= 11 is 0. The van der Waals surface area contributed by atoms with E-state index in [-0.39, 0.29) is 63.9 Å². The Balaban J connectivity index is 0.00000704. The predicted octanol–water partition coefficient (Wildman–Crippen LogP) is 2.50. The third-order valence-electron chi connectivity index (χ3n) is 8.84. The van der Waals surface area contributed by atoms with Crippen LogP contribution in [0.2, 0.25) is 0 Å². The van der Waals surface area contributed by atoms with Crippen LogP contribution < -0.4 is 31.8 Å². The Bertz CT molecular complexity index is 2970. The molecular weight excluding hydrogens is 900 g/mol. The minimum absolute atomic E-state index is 0. The third-order valence-corrected chi connectivity index (χ3v) is 12.4. The molecule has 27 heteroatoms. The summed E-state index contributed by atoms with van der Waals surface area (Å²) in [5, 5.41) is 8.08. The van der Waals surface area contributed by atoms with Crippen molar-refractivity contribution in [2.24, 2.45) is 10.2 Å². The molecule has 0 aromatic heterocycles. The van der Waals surface area contributed by atoms with Crippen molar-refractivity contribution in [1.29, 1.82) is 0 Å². The second-order valence-electron chi connectivity index (χ2n) is 12.4. The van der Waals surface area contributed by atoms with E-state index in [0.29, 0.717) is 23.3 Å². The number of carbonyl (C=O) groups is 2. The van der Waals surface area contributed by atoms with Crippen molar-refractivity contribution in [2.75, 3.05) is 36.5 Å². The molecule has 0 heterocycles. The van der Waals surface area contributed by atoms with Crippen LogP contribution in [0.15, 0.2) is 90.5 Å². The number of carbonyl (C=O) groups excluding carboxylic acids is 2. The number of nitrogen functional groups attached to an aromatic ring is 2. The SMILES string of the molecule is COc1cc(-c2ccc(NN=C3C=Cc4c(S(=O)(=O)O)cc(S(=O)(=O)O)c(N)c4C3=O)c(OC)c2)ccc1NN=C1C=Cc2c(S(=O)(=O)O)cc(S(=O)(=O)O)c(N)c2C1=O.[Na]. The standard InChI is InChI=1S/C34H28N6O16S4.Na/c1-55-23-11-15(3-7-19(23)37-39-21-9-5-17-25(57(43,44)45)13-27(59(49,50)51)31(35)29(17)33(21)41)16-4-8-20(24(12-16)56-2)38-40-22-10-6-18-26(58(46,47)48)14-28(60(52,53)54)32(36)30(18)34(22)42;/h3-14,37-38H,35-36H2,1-2H3,(H,43,44,45)(H,46,47,48)(H,49,50,51)(H,52,53,54);. The molecule has 10 N–H and O–H groups in total. The molecule has 61 heavy (non-hydrogen) atoms. The Morgan fingerprint density at radius 2 is 0.852 bits per heavy atom. The second-order valence-corrected chi connectivity index (χ2v) is 18.0. The Morgan fingerprint density at radius 1 is 0.525 bits per heavy atom. The molecule has 0 saturated carbocycles. The number of ether oxygens (including phenoxy) is 2. The van der Waals surface area contributed by atoms with Gasteiger partial charge in [-0.05, 0) is 59.7 Å². The summed E-state index contributed by atoms with van der Waals surface area (Å²) in [6.07, 6.45) is 4.29. The van der Waals surface area contributed by atoms with E-state index in [0.717, 1.165) is 24.3 Å².